The number of rotatable bonds is 6. The zero-order valence-corrected chi connectivity index (χ0v) is 13.2. The number of hydrogen-bond acceptors (Lipinski definition) is 5. The zero-order chi connectivity index (χ0) is 16.1. The number of aromatic nitrogens is 4. The third-order valence-corrected chi connectivity index (χ3v) is 4.05. The lowest BCUT2D eigenvalue weighted by Gasteiger charge is -2.01. The summed E-state index contributed by atoms with van der Waals surface area (Å²) in [6, 6.07) is 10.0. The largest absolute Gasteiger partial charge is 0.394 e. The second-order valence-electron chi connectivity index (χ2n) is 4.82. The second-order valence-corrected chi connectivity index (χ2v) is 5.83. The first-order valence-electron chi connectivity index (χ1n) is 7.19. The highest BCUT2D eigenvalue weighted by Gasteiger charge is 2.09. The molecule has 7 heteroatoms. The summed E-state index contributed by atoms with van der Waals surface area (Å²) in [6.45, 7) is 0.269. The second kappa shape index (κ2) is 7.26. The highest BCUT2D eigenvalue weighted by molar-refractivity contribution is 7.99. The maximum Gasteiger partial charge on any atom is 0.262 e. The summed E-state index contributed by atoms with van der Waals surface area (Å²) in [5.41, 5.74) is 1.41. The fraction of sp³-hybridized carbons (Fsp3) is 0.188. The van der Waals surface area contributed by atoms with E-state index in [1.165, 1.54) is 22.6 Å². The van der Waals surface area contributed by atoms with Gasteiger partial charge in [0.05, 0.1) is 19.3 Å². The van der Waals surface area contributed by atoms with Crippen molar-refractivity contribution in [1.82, 2.24) is 19.7 Å². The Kier molecular flexibility index (Phi) is 4.89. The number of nitrogens with zero attached hydrogens (tertiary/aromatic N) is 3. The average Bonchev–Trinajstić information content (AvgIpc) is 2.97. The molecule has 0 unspecified atom stereocenters. The first-order chi connectivity index (χ1) is 11.3. The summed E-state index contributed by atoms with van der Waals surface area (Å²) in [5, 5.41) is 14.1. The molecule has 3 rings (SSSR count). The Morgan fingerprint density at radius 2 is 2.13 bits per heavy atom. The predicted molar refractivity (Wildman–Crippen MR) is 91.4 cm³/mol. The summed E-state index contributed by atoms with van der Waals surface area (Å²) >= 11 is 1.44. The summed E-state index contributed by atoms with van der Waals surface area (Å²) in [7, 11) is 0. The van der Waals surface area contributed by atoms with Gasteiger partial charge in [-0.3, -0.25) is 4.79 Å². The van der Waals surface area contributed by atoms with Crippen molar-refractivity contribution < 1.29 is 5.11 Å². The monoisotopic (exact) mass is 328 g/mol. The van der Waals surface area contributed by atoms with Crippen LogP contribution in [-0.4, -0.2) is 37.2 Å². The van der Waals surface area contributed by atoms with E-state index in [4.69, 9.17) is 5.11 Å². The molecule has 0 bridgehead atoms. The van der Waals surface area contributed by atoms with Crippen molar-refractivity contribution in [3.8, 4) is 0 Å². The quantitative estimate of drug-likeness (QED) is 0.533. The molecule has 0 saturated heterocycles. The molecule has 2 N–H and O–H groups in total. The van der Waals surface area contributed by atoms with Crippen LogP contribution in [0.2, 0.25) is 0 Å². The van der Waals surface area contributed by atoms with Crippen LogP contribution in [0.3, 0.4) is 0 Å². The van der Waals surface area contributed by atoms with E-state index in [0.717, 1.165) is 5.56 Å². The summed E-state index contributed by atoms with van der Waals surface area (Å²) in [6.07, 6.45) is 5.52. The van der Waals surface area contributed by atoms with Gasteiger partial charge in [0.15, 0.2) is 10.8 Å². The minimum absolute atomic E-state index is 0.0481. The van der Waals surface area contributed by atoms with Gasteiger partial charge in [0, 0.05) is 5.75 Å². The van der Waals surface area contributed by atoms with Crippen LogP contribution in [0, 0.1) is 0 Å². The number of aromatic amines is 1. The number of fused-ring (bicyclic) bond motifs is 1. The molecule has 0 saturated carbocycles. The topological polar surface area (TPSA) is 83.8 Å². The first-order valence-corrected chi connectivity index (χ1v) is 8.17. The van der Waals surface area contributed by atoms with E-state index >= 15 is 0 Å². The highest BCUT2D eigenvalue weighted by atomic mass is 32.2. The smallest absolute Gasteiger partial charge is 0.262 e. The van der Waals surface area contributed by atoms with Crippen LogP contribution in [0.5, 0.6) is 0 Å². The number of aliphatic hydroxyl groups excluding tert-OH is 1. The van der Waals surface area contributed by atoms with Crippen molar-refractivity contribution in [2.75, 3.05) is 12.4 Å². The normalized spacial score (nSPS) is 11.5. The molecule has 23 heavy (non-hydrogen) atoms. The highest BCUT2D eigenvalue weighted by Crippen LogP contribution is 2.15. The van der Waals surface area contributed by atoms with Gasteiger partial charge in [-0.05, 0) is 5.56 Å². The molecule has 2 aromatic heterocycles. The van der Waals surface area contributed by atoms with E-state index in [9.17, 15) is 4.79 Å². The molecule has 0 aliphatic rings. The van der Waals surface area contributed by atoms with Gasteiger partial charge in [-0.1, -0.05) is 54.2 Å². The van der Waals surface area contributed by atoms with Gasteiger partial charge in [0.2, 0.25) is 0 Å². The van der Waals surface area contributed by atoms with Crippen LogP contribution in [-0.2, 0) is 6.54 Å². The van der Waals surface area contributed by atoms with Gasteiger partial charge >= 0.3 is 0 Å². The van der Waals surface area contributed by atoms with Gasteiger partial charge in [0.25, 0.3) is 5.56 Å². The van der Waals surface area contributed by atoms with Crippen molar-refractivity contribution >= 4 is 28.9 Å². The Labute approximate surface area is 136 Å². The van der Waals surface area contributed by atoms with Crippen LogP contribution >= 0.6 is 11.8 Å². The molecule has 0 spiro atoms. The molecule has 118 valence electrons. The average molecular weight is 328 g/mol. The minimum Gasteiger partial charge on any atom is -0.394 e. The molecule has 0 aliphatic heterocycles. The zero-order valence-electron chi connectivity index (χ0n) is 12.3. The standard InChI is InChI=1S/C16H16N4O2S/c21-9-8-20-14-13(11-17-20)15(22)19-16(18-14)23-10-4-7-12-5-2-1-3-6-12/h1-7,11,21H,8-10H2,(H,18,19,22)/b7-4+. The number of thioether (sulfide) groups is 1. The Hall–Kier alpha value is -2.38. The van der Waals surface area contributed by atoms with Crippen molar-refractivity contribution in [2.45, 2.75) is 11.7 Å². The first kappa shape index (κ1) is 15.5. The number of H-pyrrole nitrogens is 1. The van der Waals surface area contributed by atoms with Crippen LogP contribution in [0.25, 0.3) is 17.1 Å². The van der Waals surface area contributed by atoms with E-state index in [2.05, 4.69) is 15.1 Å². The lowest BCUT2D eigenvalue weighted by molar-refractivity contribution is 0.271. The Morgan fingerprint density at radius 3 is 2.91 bits per heavy atom. The van der Waals surface area contributed by atoms with Crippen molar-refractivity contribution in [2.24, 2.45) is 0 Å². The van der Waals surface area contributed by atoms with E-state index in [1.807, 2.05) is 42.5 Å². The van der Waals surface area contributed by atoms with E-state index in [-0.39, 0.29) is 12.2 Å². The van der Waals surface area contributed by atoms with Gasteiger partial charge in [-0.25, -0.2) is 9.67 Å². The summed E-state index contributed by atoms with van der Waals surface area (Å²) in [4.78, 5) is 19.2. The number of nitrogens with one attached hydrogen (secondary N) is 1. The van der Waals surface area contributed by atoms with Crippen LogP contribution < -0.4 is 5.56 Å². The van der Waals surface area contributed by atoms with Gasteiger partial charge in [-0.2, -0.15) is 5.10 Å². The molecular formula is C16H16N4O2S. The third kappa shape index (κ3) is 3.69. The molecule has 1 aromatic carbocycles. The third-order valence-electron chi connectivity index (χ3n) is 3.22. The van der Waals surface area contributed by atoms with Gasteiger partial charge in [-0.15, -0.1) is 0 Å². The molecule has 3 aromatic rings. The van der Waals surface area contributed by atoms with E-state index in [0.29, 0.717) is 28.5 Å². The fourth-order valence-corrected chi connectivity index (χ4v) is 2.81. The molecule has 6 nitrogen and oxygen atoms in total. The van der Waals surface area contributed by atoms with Gasteiger partial charge < -0.3 is 10.1 Å². The number of benzene rings is 1. The summed E-state index contributed by atoms with van der Waals surface area (Å²) < 4.78 is 1.54. The van der Waals surface area contributed by atoms with Gasteiger partial charge in [0.1, 0.15) is 5.39 Å². The Morgan fingerprint density at radius 1 is 1.30 bits per heavy atom. The molecule has 0 fully saturated rings. The Bertz CT molecular complexity index is 871. The molecule has 0 amide bonds. The fourth-order valence-electron chi connectivity index (χ4n) is 2.15. The summed E-state index contributed by atoms with van der Waals surface area (Å²) in [5.74, 6) is 0.692. The molecule has 0 atom stereocenters. The van der Waals surface area contributed by atoms with E-state index in [1.54, 1.807) is 0 Å². The maximum atomic E-state index is 12.0. The Balaban J connectivity index is 1.74. The van der Waals surface area contributed by atoms with Crippen molar-refractivity contribution in [1.29, 1.82) is 0 Å². The lowest BCUT2D eigenvalue weighted by Crippen LogP contribution is -2.11. The van der Waals surface area contributed by atoms with Crippen LogP contribution in [0.1, 0.15) is 5.56 Å². The lowest BCUT2D eigenvalue weighted by atomic mass is 10.2. The minimum atomic E-state index is -0.214. The predicted octanol–water partition coefficient (Wildman–Crippen LogP) is 1.92. The van der Waals surface area contributed by atoms with E-state index < -0.39 is 0 Å². The maximum absolute atomic E-state index is 12.0. The SMILES string of the molecule is O=c1[nH]c(SC/C=C/c2ccccc2)nc2c1cnn2CCO. The molecule has 0 radical (unpaired) electrons. The van der Waals surface area contributed by atoms with Crippen LogP contribution in [0.4, 0.5) is 0 Å². The number of aliphatic hydroxyl groups is 1. The molecule has 2 heterocycles. The van der Waals surface area contributed by atoms with Crippen molar-refractivity contribution in [3.63, 3.8) is 0 Å². The number of hydrogen-bond donors (Lipinski definition) is 2. The molecular weight excluding hydrogens is 312 g/mol. The molecule has 0 aliphatic carbocycles. The van der Waals surface area contributed by atoms with Crippen LogP contribution in [0.15, 0.2) is 52.6 Å². The van der Waals surface area contributed by atoms with Crippen molar-refractivity contribution in [3.05, 3.63) is 58.5 Å².